The molecule has 2 aromatic carbocycles. The molecule has 0 aromatic heterocycles. The third kappa shape index (κ3) is 2.73. The van der Waals surface area contributed by atoms with Crippen molar-refractivity contribution in [3.05, 3.63) is 70.8 Å². The second-order valence-corrected chi connectivity index (χ2v) is 7.50. The first-order valence-electron chi connectivity index (χ1n) is 6.95. The van der Waals surface area contributed by atoms with Gasteiger partial charge in [-0.3, -0.25) is 0 Å². The van der Waals surface area contributed by atoms with E-state index in [1.54, 1.807) is 0 Å². The van der Waals surface area contributed by atoms with Gasteiger partial charge in [0.05, 0.1) is 0 Å². The summed E-state index contributed by atoms with van der Waals surface area (Å²) in [5.41, 5.74) is 9.11. The van der Waals surface area contributed by atoms with E-state index in [1.165, 1.54) is 0 Å². The van der Waals surface area contributed by atoms with E-state index in [9.17, 15) is 14.4 Å². The van der Waals surface area contributed by atoms with Crippen molar-refractivity contribution >= 4 is 7.60 Å². The molecular weight excluding hydrogens is 299 g/mol. The van der Waals surface area contributed by atoms with E-state index in [2.05, 4.69) is 0 Å². The number of rotatable bonds is 1. The Labute approximate surface area is 159 Å². The number of hydrogen-bond donors (Lipinski definition) is 1. The summed E-state index contributed by atoms with van der Waals surface area (Å²) in [4.78, 5) is 23.6. The third-order valence-electron chi connectivity index (χ3n) is 4.82. The molecule has 0 saturated heterocycles. The Kier molecular flexibility index (Phi) is 5.45. The minimum atomic E-state index is -4.78. The summed E-state index contributed by atoms with van der Waals surface area (Å²) in [5.74, 6) is -0.665. The number of nitrogens with two attached hydrogens (primary N) is 1. The zero-order valence-electron chi connectivity index (χ0n) is 13.2. The van der Waals surface area contributed by atoms with Gasteiger partial charge in [0.2, 0.25) is 0 Å². The maximum absolute atomic E-state index is 11.8. The van der Waals surface area contributed by atoms with E-state index in [0.29, 0.717) is 0 Å². The van der Waals surface area contributed by atoms with E-state index in [0.717, 1.165) is 22.3 Å². The fraction of sp³-hybridized carbons (Fsp3) is 0.250. The number of fused-ring (bicyclic) bond motifs is 1. The summed E-state index contributed by atoms with van der Waals surface area (Å²) in [7, 11) is -4.78. The van der Waals surface area contributed by atoms with Gasteiger partial charge in [0.15, 0.2) is 0 Å². The molecule has 2 bridgehead atoms. The molecule has 3 aliphatic carbocycles. The van der Waals surface area contributed by atoms with Gasteiger partial charge in [-0.25, -0.2) is 0 Å². The van der Waals surface area contributed by atoms with E-state index in [-0.39, 0.29) is 43.6 Å². The zero-order valence-corrected chi connectivity index (χ0v) is 14.1. The summed E-state index contributed by atoms with van der Waals surface area (Å²) in [6, 6.07) is 14.7. The number of benzene rings is 2. The molecule has 0 heterocycles. The zero-order chi connectivity index (χ0) is 14.8. The second-order valence-electron chi connectivity index (χ2n) is 5.82. The first-order chi connectivity index (χ1) is 10.00. The van der Waals surface area contributed by atoms with Crippen LogP contribution in [0.5, 0.6) is 0 Å². The standard InChI is InChI=1S/C16H16NO3P.2Li/c17-15-13-9-5-1-3-7-11(9)14(16(15)21(18,19)20)12-8-4-2-6-10(12)13;;/h1-8,13-16H,17H2,(H2,18,19,20);;/q;2*+1/p-2. The van der Waals surface area contributed by atoms with Crippen LogP contribution in [-0.2, 0) is 4.57 Å². The summed E-state index contributed by atoms with van der Waals surface area (Å²) in [6.07, 6.45) is 0. The average molecular weight is 313 g/mol. The van der Waals surface area contributed by atoms with Gasteiger partial charge < -0.3 is 20.1 Å². The fourth-order valence-corrected chi connectivity index (χ4v) is 5.37. The minimum Gasteiger partial charge on any atom is -0.810 e. The van der Waals surface area contributed by atoms with E-state index in [1.807, 2.05) is 48.5 Å². The van der Waals surface area contributed by atoms with Crippen molar-refractivity contribution in [2.45, 2.75) is 23.5 Å². The van der Waals surface area contributed by atoms with Gasteiger partial charge in [-0.2, -0.15) is 0 Å². The minimum absolute atomic E-state index is 0. The summed E-state index contributed by atoms with van der Waals surface area (Å²) in [5, 5.41) is 0. The van der Waals surface area contributed by atoms with Crippen LogP contribution in [0.3, 0.4) is 0 Å². The van der Waals surface area contributed by atoms with Gasteiger partial charge in [0, 0.05) is 23.5 Å². The molecule has 0 spiro atoms. The Balaban J connectivity index is 0.000000960. The largest absolute Gasteiger partial charge is 1.00 e. The van der Waals surface area contributed by atoms with Crippen LogP contribution in [0.25, 0.3) is 0 Å². The molecule has 0 radical (unpaired) electrons. The summed E-state index contributed by atoms with van der Waals surface area (Å²) < 4.78 is 11.8. The normalized spacial score (nSPS) is 27.3. The van der Waals surface area contributed by atoms with Crippen LogP contribution in [0.15, 0.2) is 48.5 Å². The molecule has 0 aliphatic heterocycles. The second kappa shape index (κ2) is 6.57. The molecule has 2 atom stereocenters. The van der Waals surface area contributed by atoms with Crippen molar-refractivity contribution in [1.29, 1.82) is 0 Å². The quantitative estimate of drug-likeness (QED) is 0.421. The summed E-state index contributed by atoms with van der Waals surface area (Å²) >= 11 is 0. The molecule has 5 rings (SSSR count). The molecule has 0 saturated carbocycles. The Bertz CT molecular complexity index is 732. The van der Waals surface area contributed by atoms with Crippen molar-refractivity contribution in [3.8, 4) is 0 Å². The molecule has 4 nitrogen and oxygen atoms in total. The molecule has 7 heteroatoms. The Morgan fingerprint density at radius 1 is 0.783 bits per heavy atom. The maximum Gasteiger partial charge on any atom is 1.00 e. The van der Waals surface area contributed by atoms with Crippen molar-refractivity contribution in [3.63, 3.8) is 0 Å². The average Bonchev–Trinajstić information content (AvgIpc) is 2.46. The van der Waals surface area contributed by atoms with Gasteiger partial charge in [-0.1, -0.05) is 56.1 Å². The van der Waals surface area contributed by atoms with Gasteiger partial charge in [0.25, 0.3) is 0 Å². The van der Waals surface area contributed by atoms with Crippen LogP contribution in [0.4, 0.5) is 0 Å². The fourth-order valence-electron chi connectivity index (χ4n) is 4.09. The molecule has 108 valence electrons. The topological polar surface area (TPSA) is 89.2 Å². The predicted octanol–water partition coefficient (Wildman–Crippen LogP) is -5.10. The van der Waals surface area contributed by atoms with Crippen LogP contribution in [0, 0.1) is 0 Å². The van der Waals surface area contributed by atoms with Crippen LogP contribution in [0.2, 0.25) is 0 Å². The van der Waals surface area contributed by atoms with Crippen LogP contribution in [0.1, 0.15) is 34.1 Å². The smallest absolute Gasteiger partial charge is 0.810 e. The number of hydrogen-bond acceptors (Lipinski definition) is 4. The van der Waals surface area contributed by atoms with E-state index >= 15 is 0 Å². The van der Waals surface area contributed by atoms with Crippen molar-refractivity contribution in [2.24, 2.45) is 5.73 Å². The molecular formula is C16H14Li2NO3P. The summed E-state index contributed by atoms with van der Waals surface area (Å²) in [6.45, 7) is 0. The Morgan fingerprint density at radius 3 is 1.48 bits per heavy atom. The maximum atomic E-state index is 11.8. The van der Waals surface area contributed by atoms with Gasteiger partial charge in [-0.15, -0.1) is 0 Å². The van der Waals surface area contributed by atoms with Crippen molar-refractivity contribution in [2.75, 3.05) is 0 Å². The van der Waals surface area contributed by atoms with Crippen LogP contribution < -0.4 is 53.2 Å². The van der Waals surface area contributed by atoms with Crippen molar-refractivity contribution < 1.29 is 52.1 Å². The SMILES string of the molecule is NC1C2c3ccccc3C(c3ccccc32)C1P(=O)([O-])[O-].[Li+].[Li+]. The third-order valence-corrected chi connectivity index (χ3v) is 6.19. The van der Waals surface area contributed by atoms with E-state index in [4.69, 9.17) is 5.73 Å². The van der Waals surface area contributed by atoms with Crippen molar-refractivity contribution in [1.82, 2.24) is 0 Å². The molecule has 2 aromatic rings. The van der Waals surface area contributed by atoms with Crippen LogP contribution >= 0.6 is 7.60 Å². The molecule has 2 unspecified atom stereocenters. The Hall–Kier alpha value is -0.255. The molecule has 3 aliphatic rings. The van der Waals surface area contributed by atoms with Gasteiger partial charge in [-0.05, 0) is 22.3 Å². The monoisotopic (exact) mass is 313 g/mol. The van der Waals surface area contributed by atoms with Gasteiger partial charge >= 0.3 is 37.7 Å². The molecule has 0 amide bonds. The van der Waals surface area contributed by atoms with E-state index < -0.39 is 25.2 Å². The first kappa shape index (κ1) is 19.1. The molecule has 2 N–H and O–H groups in total. The first-order valence-corrected chi connectivity index (χ1v) is 8.56. The molecule has 0 fully saturated rings. The predicted molar refractivity (Wildman–Crippen MR) is 75.9 cm³/mol. The van der Waals surface area contributed by atoms with Gasteiger partial charge in [0.1, 0.15) is 0 Å². The molecule has 23 heavy (non-hydrogen) atoms. The van der Waals surface area contributed by atoms with Crippen LogP contribution in [-0.4, -0.2) is 11.7 Å². The Morgan fingerprint density at radius 2 is 1.13 bits per heavy atom.